The molecule has 19 heavy (non-hydrogen) atoms. The monoisotopic (exact) mass is 282 g/mol. The van der Waals surface area contributed by atoms with Crippen molar-refractivity contribution in [2.45, 2.75) is 32.6 Å². The zero-order chi connectivity index (χ0) is 13.8. The van der Waals surface area contributed by atoms with E-state index < -0.39 is 5.97 Å². The van der Waals surface area contributed by atoms with Gasteiger partial charge in [-0.3, -0.25) is 5.32 Å². The van der Waals surface area contributed by atoms with E-state index in [0.717, 1.165) is 43.6 Å². The molecule has 2 N–H and O–H groups in total. The van der Waals surface area contributed by atoms with Gasteiger partial charge in [-0.05, 0) is 25.8 Å². The molecule has 0 radical (unpaired) electrons. The molecule has 1 saturated heterocycles. The molecule has 2 amide bonds. The van der Waals surface area contributed by atoms with E-state index in [2.05, 4.69) is 5.32 Å². The van der Waals surface area contributed by atoms with Crippen molar-refractivity contribution in [3.8, 4) is 0 Å². The number of carbonyl (C=O) groups is 2. The maximum absolute atomic E-state index is 12.1. The summed E-state index contributed by atoms with van der Waals surface area (Å²) in [6.45, 7) is 3.33. The van der Waals surface area contributed by atoms with Crippen LogP contribution >= 0.6 is 11.3 Å². The smallest absolute Gasteiger partial charge is 0.338 e. The lowest BCUT2D eigenvalue weighted by Gasteiger charge is -2.20. The number of anilines is 1. The fourth-order valence-corrected chi connectivity index (χ4v) is 3.11. The van der Waals surface area contributed by atoms with Crippen LogP contribution in [0.3, 0.4) is 0 Å². The summed E-state index contributed by atoms with van der Waals surface area (Å²) in [5.41, 5.74) is 0.172. The van der Waals surface area contributed by atoms with Crippen LogP contribution in [0.2, 0.25) is 0 Å². The highest BCUT2D eigenvalue weighted by Crippen LogP contribution is 2.28. The Morgan fingerprint density at radius 2 is 1.89 bits per heavy atom. The van der Waals surface area contributed by atoms with Gasteiger partial charge < -0.3 is 10.0 Å². The SMILES string of the molecule is Cc1cc(C(=O)O)c(NC(=O)N2CCCCCC2)s1. The number of nitrogens with zero attached hydrogens (tertiary/aromatic N) is 1. The third-order valence-electron chi connectivity index (χ3n) is 3.20. The van der Waals surface area contributed by atoms with Crippen molar-refractivity contribution < 1.29 is 14.7 Å². The Kier molecular flexibility index (Phi) is 4.42. The average molecular weight is 282 g/mol. The standard InChI is InChI=1S/C13H18N2O3S/c1-9-8-10(12(16)17)11(19-9)14-13(18)15-6-4-2-3-5-7-15/h8H,2-7H2,1H3,(H,14,18)(H,16,17). The molecular formula is C13H18N2O3S. The molecule has 1 aromatic rings. The van der Waals surface area contributed by atoms with Crippen LogP contribution in [0.25, 0.3) is 0 Å². The van der Waals surface area contributed by atoms with E-state index in [-0.39, 0.29) is 11.6 Å². The number of thiophene rings is 1. The average Bonchev–Trinajstić information content (AvgIpc) is 2.58. The highest BCUT2D eigenvalue weighted by atomic mass is 32.1. The summed E-state index contributed by atoms with van der Waals surface area (Å²) < 4.78 is 0. The highest BCUT2D eigenvalue weighted by molar-refractivity contribution is 7.16. The molecule has 5 nitrogen and oxygen atoms in total. The number of carboxylic acids is 1. The van der Waals surface area contributed by atoms with Crippen LogP contribution in [0, 0.1) is 6.92 Å². The largest absolute Gasteiger partial charge is 0.478 e. The van der Waals surface area contributed by atoms with Gasteiger partial charge in [0, 0.05) is 18.0 Å². The highest BCUT2D eigenvalue weighted by Gasteiger charge is 2.20. The summed E-state index contributed by atoms with van der Waals surface area (Å²) >= 11 is 1.30. The third kappa shape index (κ3) is 3.47. The molecule has 0 spiro atoms. The van der Waals surface area contributed by atoms with Gasteiger partial charge in [0.05, 0.1) is 5.56 Å². The summed E-state index contributed by atoms with van der Waals surface area (Å²) in [6, 6.07) is 1.40. The van der Waals surface area contributed by atoms with E-state index in [9.17, 15) is 9.59 Å². The Labute approximate surface area is 116 Å². The zero-order valence-corrected chi connectivity index (χ0v) is 11.8. The van der Waals surface area contributed by atoms with Crippen molar-refractivity contribution in [3.05, 3.63) is 16.5 Å². The lowest BCUT2D eigenvalue weighted by Crippen LogP contribution is -2.35. The predicted molar refractivity (Wildman–Crippen MR) is 75.1 cm³/mol. The number of hydrogen-bond donors (Lipinski definition) is 2. The molecule has 0 aliphatic carbocycles. The van der Waals surface area contributed by atoms with Gasteiger partial charge in [0.15, 0.2) is 0 Å². The zero-order valence-electron chi connectivity index (χ0n) is 10.9. The van der Waals surface area contributed by atoms with Crippen LogP contribution in [0.1, 0.15) is 40.9 Å². The Bertz CT molecular complexity index is 476. The summed E-state index contributed by atoms with van der Waals surface area (Å²) in [4.78, 5) is 25.9. The van der Waals surface area contributed by atoms with Crippen molar-refractivity contribution >= 4 is 28.3 Å². The van der Waals surface area contributed by atoms with Crippen LogP contribution in [0.4, 0.5) is 9.80 Å². The van der Waals surface area contributed by atoms with E-state index in [4.69, 9.17) is 5.11 Å². The number of urea groups is 1. The Hall–Kier alpha value is -1.56. The minimum absolute atomic E-state index is 0.172. The Morgan fingerprint density at radius 1 is 1.26 bits per heavy atom. The normalized spacial score (nSPS) is 15.9. The first-order chi connectivity index (χ1) is 9.08. The van der Waals surface area contributed by atoms with E-state index in [1.165, 1.54) is 11.3 Å². The topological polar surface area (TPSA) is 69.6 Å². The summed E-state index contributed by atoms with van der Waals surface area (Å²) in [7, 11) is 0. The lowest BCUT2D eigenvalue weighted by atomic mass is 10.2. The molecule has 1 aromatic heterocycles. The number of aryl methyl sites for hydroxylation is 1. The van der Waals surface area contributed by atoms with E-state index in [1.54, 1.807) is 11.0 Å². The number of nitrogens with one attached hydrogen (secondary N) is 1. The number of amides is 2. The molecule has 0 unspecified atom stereocenters. The molecule has 1 aliphatic rings. The molecule has 0 aromatic carbocycles. The second-order valence-electron chi connectivity index (χ2n) is 4.74. The van der Waals surface area contributed by atoms with Gasteiger partial charge >= 0.3 is 12.0 Å². The van der Waals surface area contributed by atoms with Gasteiger partial charge in [-0.15, -0.1) is 11.3 Å². The van der Waals surface area contributed by atoms with Crippen LogP contribution in [-0.2, 0) is 0 Å². The minimum Gasteiger partial charge on any atom is -0.478 e. The minimum atomic E-state index is -1.00. The first-order valence-electron chi connectivity index (χ1n) is 6.47. The number of hydrogen-bond acceptors (Lipinski definition) is 3. The molecule has 104 valence electrons. The quantitative estimate of drug-likeness (QED) is 0.875. The molecule has 6 heteroatoms. The van der Waals surface area contributed by atoms with Crippen molar-refractivity contribution in [3.63, 3.8) is 0 Å². The number of carbonyl (C=O) groups excluding carboxylic acids is 1. The summed E-state index contributed by atoms with van der Waals surface area (Å²) in [6.07, 6.45) is 4.34. The maximum Gasteiger partial charge on any atom is 0.338 e. The summed E-state index contributed by atoms with van der Waals surface area (Å²) in [5, 5.41) is 12.3. The number of rotatable bonds is 2. The van der Waals surface area contributed by atoms with Gasteiger partial charge in [-0.25, -0.2) is 9.59 Å². The maximum atomic E-state index is 12.1. The van der Waals surface area contributed by atoms with Gasteiger partial charge in [0.2, 0.25) is 0 Å². The van der Waals surface area contributed by atoms with Crippen molar-refractivity contribution in [1.29, 1.82) is 0 Å². The molecule has 2 heterocycles. The lowest BCUT2D eigenvalue weighted by molar-refractivity contribution is 0.0698. The fourth-order valence-electron chi connectivity index (χ4n) is 2.22. The van der Waals surface area contributed by atoms with Crippen molar-refractivity contribution in [2.24, 2.45) is 0 Å². The molecule has 1 aliphatic heterocycles. The Morgan fingerprint density at radius 3 is 2.47 bits per heavy atom. The summed E-state index contributed by atoms with van der Waals surface area (Å²) in [5.74, 6) is -1.00. The number of likely N-dealkylation sites (tertiary alicyclic amines) is 1. The molecule has 0 saturated carbocycles. The van der Waals surface area contributed by atoms with Crippen LogP contribution in [0.5, 0.6) is 0 Å². The second-order valence-corrected chi connectivity index (χ2v) is 5.99. The third-order valence-corrected chi connectivity index (χ3v) is 4.17. The van der Waals surface area contributed by atoms with Crippen LogP contribution in [-0.4, -0.2) is 35.1 Å². The van der Waals surface area contributed by atoms with Crippen molar-refractivity contribution in [2.75, 3.05) is 18.4 Å². The number of aromatic carboxylic acids is 1. The van der Waals surface area contributed by atoms with Crippen LogP contribution < -0.4 is 5.32 Å². The van der Waals surface area contributed by atoms with E-state index >= 15 is 0 Å². The number of carboxylic acid groups (broad SMARTS) is 1. The predicted octanol–water partition coefficient (Wildman–Crippen LogP) is 3.16. The van der Waals surface area contributed by atoms with Gasteiger partial charge in [0.25, 0.3) is 0 Å². The van der Waals surface area contributed by atoms with Gasteiger partial charge in [0.1, 0.15) is 5.00 Å². The van der Waals surface area contributed by atoms with Gasteiger partial charge in [-0.1, -0.05) is 12.8 Å². The first-order valence-corrected chi connectivity index (χ1v) is 7.29. The molecule has 0 bridgehead atoms. The van der Waals surface area contributed by atoms with E-state index in [0.29, 0.717) is 5.00 Å². The molecule has 0 atom stereocenters. The van der Waals surface area contributed by atoms with Crippen molar-refractivity contribution in [1.82, 2.24) is 4.90 Å². The fraction of sp³-hybridized carbons (Fsp3) is 0.538. The van der Waals surface area contributed by atoms with E-state index in [1.807, 2.05) is 6.92 Å². The van der Waals surface area contributed by atoms with Gasteiger partial charge in [-0.2, -0.15) is 0 Å². The molecular weight excluding hydrogens is 264 g/mol. The second kappa shape index (κ2) is 6.06. The Balaban J connectivity index is 2.07. The molecule has 1 fully saturated rings. The van der Waals surface area contributed by atoms with Crippen LogP contribution in [0.15, 0.2) is 6.07 Å². The molecule has 2 rings (SSSR count). The first kappa shape index (κ1) is 13.9.